The van der Waals surface area contributed by atoms with E-state index in [0.717, 1.165) is 22.3 Å². The Labute approximate surface area is 321 Å². The molecule has 2 heterocycles. The highest BCUT2D eigenvalue weighted by atomic mass is 32.1. The molecule has 0 aliphatic rings. The standard InChI is InChI=1S/C51H31N3S/c1-3-11-32(12-4-1)33-19-21-35(22-20-33)50-52-49(34-13-5-2-6-14-34)53-51(54-50)38-24-27-42-44-29-36(23-26-41(44)39-15-7-8-16-40(39)45(42)31-38)37-25-28-48-46(30-37)43-17-9-10-18-47(43)55-48/h1-31H. The summed E-state index contributed by atoms with van der Waals surface area (Å²) in [6.45, 7) is 0. The van der Waals surface area contributed by atoms with E-state index in [1.54, 1.807) is 0 Å². The summed E-state index contributed by atoms with van der Waals surface area (Å²) in [7, 11) is 0. The van der Waals surface area contributed by atoms with Gasteiger partial charge in [0.25, 0.3) is 0 Å². The first-order chi connectivity index (χ1) is 27.2. The number of benzene rings is 9. The summed E-state index contributed by atoms with van der Waals surface area (Å²) in [5, 5.41) is 9.91. The van der Waals surface area contributed by atoms with E-state index >= 15 is 0 Å². The average Bonchev–Trinajstić information content (AvgIpc) is 3.65. The highest BCUT2D eigenvalue weighted by Gasteiger charge is 2.16. The van der Waals surface area contributed by atoms with Crippen LogP contribution in [0, 0.1) is 0 Å². The lowest BCUT2D eigenvalue weighted by Crippen LogP contribution is -2.00. The number of aromatic nitrogens is 3. The van der Waals surface area contributed by atoms with Gasteiger partial charge in [-0.05, 0) is 84.9 Å². The summed E-state index contributed by atoms with van der Waals surface area (Å²) in [6.07, 6.45) is 0. The van der Waals surface area contributed by atoms with Crippen molar-refractivity contribution in [3.05, 3.63) is 188 Å². The fraction of sp³-hybridized carbons (Fsp3) is 0. The molecule has 0 unspecified atom stereocenters. The minimum Gasteiger partial charge on any atom is -0.208 e. The van der Waals surface area contributed by atoms with Crippen molar-refractivity contribution in [2.45, 2.75) is 0 Å². The molecule has 0 saturated carbocycles. The fourth-order valence-electron chi connectivity index (χ4n) is 7.97. The monoisotopic (exact) mass is 717 g/mol. The second kappa shape index (κ2) is 12.8. The van der Waals surface area contributed by atoms with Gasteiger partial charge in [-0.25, -0.2) is 15.0 Å². The van der Waals surface area contributed by atoms with Crippen LogP contribution in [0.5, 0.6) is 0 Å². The van der Waals surface area contributed by atoms with Gasteiger partial charge in [0, 0.05) is 36.9 Å². The van der Waals surface area contributed by atoms with Crippen molar-refractivity contribution in [2.24, 2.45) is 0 Å². The van der Waals surface area contributed by atoms with Crippen LogP contribution < -0.4 is 0 Å². The fourth-order valence-corrected chi connectivity index (χ4v) is 9.06. The van der Waals surface area contributed by atoms with Crippen LogP contribution in [0.4, 0.5) is 0 Å². The molecule has 256 valence electrons. The number of hydrogen-bond acceptors (Lipinski definition) is 4. The van der Waals surface area contributed by atoms with Crippen LogP contribution in [0.2, 0.25) is 0 Å². The molecule has 4 heteroatoms. The maximum atomic E-state index is 5.13. The quantitative estimate of drug-likeness (QED) is 0.166. The number of thiophene rings is 1. The van der Waals surface area contributed by atoms with E-state index in [-0.39, 0.29) is 0 Å². The molecule has 0 aliphatic heterocycles. The molecule has 0 bridgehead atoms. The van der Waals surface area contributed by atoms with E-state index < -0.39 is 0 Å². The molecule has 0 amide bonds. The first-order valence-electron chi connectivity index (χ1n) is 18.5. The summed E-state index contributed by atoms with van der Waals surface area (Å²) in [5.41, 5.74) is 7.60. The van der Waals surface area contributed by atoms with E-state index in [1.807, 2.05) is 35.6 Å². The Hall–Kier alpha value is -7.01. The van der Waals surface area contributed by atoms with Crippen LogP contribution in [0.3, 0.4) is 0 Å². The molecule has 0 aliphatic carbocycles. The lowest BCUT2D eigenvalue weighted by atomic mass is 9.91. The minimum atomic E-state index is 0.645. The normalized spacial score (nSPS) is 11.6. The second-order valence-corrected chi connectivity index (χ2v) is 15.1. The maximum absolute atomic E-state index is 5.13. The van der Waals surface area contributed by atoms with Crippen LogP contribution in [0.1, 0.15) is 0 Å². The zero-order valence-electron chi connectivity index (χ0n) is 29.6. The molecule has 2 aromatic heterocycles. The van der Waals surface area contributed by atoms with Gasteiger partial charge in [0.1, 0.15) is 0 Å². The van der Waals surface area contributed by atoms with Gasteiger partial charge in [0.15, 0.2) is 17.5 Å². The largest absolute Gasteiger partial charge is 0.208 e. The van der Waals surface area contributed by atoms with E-state index in [1.165, 1.54) is 69.2 Å². The topological polar surface area (TPSA) is 38.7 Å². The summed E-state index contributed by atoms with van der Waals surface area (Å²) in [5.74, 6) is 1.94. The van der Waals surface area contributed by atoms with E-state index in [2.05, 4.69) is 164 Å². The first kappa shape index (κ1) is 31.5. The number of fused-ring (bicyclic) bond motifs is 9. The highest BCUT2D eigenvalue weighted by molar-refractivity contribution is 7.25. The third kappa shape index (κ3) is 5.46. The van der Waals surface area contributed by atoms with Gasteiger partial charge in [-0.2, -0.15) is 0 Å². The van der Waals surface area contributed by atoms with Crippen molar-refractivity contribution in [1.29, 1.82) is 0 Å². The third-order valence-electron chi connectivity index (χ3n) is 10.7. The molecule has 0 radical (unpaired) electrons. The molecule has 0 saturated heterocycles. The number of rotatable bonds is 5. The summed E-state index contributed by atoms with van der Waals surface area (Å²) >= 11 is 1.86. The Morgan fingerprint density at radius 1 is 0.236 bits per heavy atom. The maximum Gasteiger partial charge on any atom is 0.164 e. The van der Waals surface area contributed by atoms with Crippen LogP contribution in [0.25, 0.3) is 109 Å². The lowest BCUT2D eigenvalue weighted by Gasteiger charge is -2.14. The molecule has 3 nitrogen and oxygen atoms in total. The molecule has 0 spiro atoms. The van der Waals surface area contributed by atoms with Gasteiger partial charge in [0.2, 0.25) is 0 Å². The molecule has 0 fully saturated rings. The second-order valence-electron chi connectivity index (χ2n) is 14.0. The van der Waals surface area contributed by atoms with Crippen molar-refractivity contribution < 1.29 is 0 Å². The molecule has 9 aromatic carbocycles. The van der Waals surface area contributed by atoms with Crippen LogP contribution >= 0.6 is 11.3 Å². The average molecular weight is 718 g/mol. The molecular formula is C51H31N3S. The van der Waals surface area contributed by atoms with Crippen LogP contribution in [0.15, 0.2) is 188 Å². The van der Waals surface area contributed by atoms with Crippen LogP contribution in [-0.2, 0) is 0 Å². The summed E-state index contributed by atoms with van der Waals surface area (Å²) in [6, 6.07) is 67.0. The molecule has 0 atom stereocenters. The van der Waals surface area contributed by atoms with Gasteiger partial charge >= 0.3 is 0 Å². The molecule has 0 N–H and O–H groups in total. The van der Waals surface area contributed by atoms with Crippen molar-refractivity contribution in [2.75, 3.05) is 0 Å². The van der Waals surface area contributed by atoms with Gasteiger partial charge < -0.3 is 0 Å². The van der Waals surface area contributed by atoms with Gasteiger partial charge in [0.05, 0.1) is 0 Å². The minimum absolute atomic E-state index is 0.645. The highest BCUT2D eigenvalue weighted by Crippen LogP contribution is 2.41. The SMILES string of the molecule is c1ccc(-c2ccc(-c3nc(-c4ccccc4)nc(-c4ccc5c6cc(-c7ccc8sc9ccccc9c8c7)ccc6c6ccccc6c5c4)n3)cc2)cc1. The Kier molecular flexibility index (Phi) is 7.35. The summed E-state index contributed by atoms with van der Waals surface area (Å²) in [4.78, 5) is 15.2. The van der Waals surface area contributed by atoms with Crippen molar-refractivity contribution in [3.8, 4) is 56.4 Å². The Morgan fingerprint density at radius 2 is 0.618 bits per heavy atom. The zero-order chi connectivity index (χ0) is 36.3. The number of hydrogen-bond donors (Lipinski definition) is 0. The van der Waals surface area contributed by atoms with E-state index in [0.29, 0.717) is 17.5 Å². The van der Waals surface area contributed by atoms with Crippen LogP contribution in [-0.4, -0.2) is 15.0 Å². The van der Waals surface area contributed by atoms with Crippen molar-refractivity contribution in [1.82, 2.24) is 15.0 Å². The first-order valence-corrected chi connectivity index (χ1v) is 19.3. The predicted octanol–water partition coefficient (Wildman–Crippen LogP) is 14.0. The Balaban J connectivity index is 1.08. The third-order valence-corrected chi connectivity index (χ3v) is 11.9. The summed E-state index contributed by atoms with van der Waals surface area (Å²) < 4.78 is 2.64. The smallest absolute Gasteiger partial charge is 0.164 e. The lowest BCUT2D eigenvalue weighted by molar-refractivity contribution is 1.07. The van der Waals surface area contributed by atoms with Crippen molar-refractivity contribution in [3.63, 3.8) is 0 Å². The Morgan fingerprint density at radius 3 is 1.31 bits per heavy atom. The molecule has 11 aromatic rings. The van der Waals surface area contributed by atoms with Gasteiger partial charge in [-0.3, -0.25) is 0 Å². The van der Waals surface area contributed by atoms with E-state index in [9.17, 15) is 0 Å². The van der Waals surface area contributed by atoms with Gasteiger partial charge in [-0.1, -0.05) is 158 Å². The van der Waals surface area contributed by atoms with Gasteiger partial charge in [-0.15, -0.1) is 11.3 Å². The molecule has 11 rings (SSSR count). The molecule has 55 heavy (non-hydrogen) atoms. The predicted molar refractivity (Wildman–Crippen MR) is 232 cm³/mol. The van der Waals surface area contributed by atoms with E-state index in [4.69, 9.17) is 15.0 Å². The Bertz CT molecular complexity index is 3240. The number of nitrogens with zero attached hydrogens (tertiary/aromatic N) is 3. The zero-order valence-corrected chi connectivity index (χ0v) is 30.5. The molecular weight excluding hydrogens is 687 g/mol. The van der Waals surface area contributed by atoms with Crippen molar-refractivity contribution >= 4 is 63.8 Å².